The van der Waals surface area contributed by atoms with Crippen LogP contribution in [0, 0.1) is 0 Å². The Morgan fingerprint density at radius 1 is 1.03 bits per heavy atom. The lowest BCUT2D eigenvalue weighted by Gasteiger charge is -2.26. The van der Waals surface area contributed by atoms with E-state index in [2.05, 4.69) is 27.7 Å². The van der Waals surface area contributed by atoms with Crippen LogP contribution in [0.2, 0.25) is 0 Å². The number of methoxy groups -OCH3 is 2. The van der Waals surface area contributed by atoms with Crippen LogP contribution in [0.25, 0.3) is 5.76 Å². The number of Topliss-reactive ketones (excluding diaryl/α,β-unsaturated/α-hetero) is 1. The Morgan fingerprint density at radius 2 is 1.72 bits per heavy atom. The molecule has 2 aromatic carbocycles. The number of carbonyl (C=O) groups is 2. The first kappa shape index (κ1) is 27.3. The van der Waals surface area contributed by atoms with Crippen molar-refractivity contribution in [3.05, 3.63) is 64.7 Å². The third-order valence-electron chi connectivity index (χ3n) is 6.36. The van der Waals surface area contributed by atoms with Gasteiger partial charge in [-0.2, -0.15) is 0 Å². The van der Waals surface area contributed by atoms with E-state index in [0.717, 1.165) is 18.4 Å². The molecule has 1 aliphatic heterocycles. The Kier molecular flexibility index (Phi) is 8.79. The van der Waals surface area contributed by atoms with Crippen LogP contribution in [0.4, 0.5) is 0 Å². The van der Waals surface area contributed by atoms with Crippen molar-refractivity contribution in [1.82, 2.24) is 4.90 Å². The van der Waals surface area contributed by atoms with Gasteiger partial charge in [-0.15, -0.1) is 0 Å². The molecule has 36 heavy (non-hydrogen) atoms. The quantitative estimate of drug-likeness (QED) is 0.210. The fraction of sp³-hybridized carbons (Fsp3) is 0.448. The third kappa shape index (κ3) is 5.73. The summed E-state index contributed by atoms with van der Waals surface area (Å²) in [5.41, 5.74) is 1.86. The Bertz CT molecular complexity index is 1110. The summed E-state index contributed by atoms with van der Waals surface area (Å²) in [6, 6.07) is 12.0. The largest absolute Gasteiger partial charge is 0.507 e. The van der Waals surface area contributed by atoms with Gasteiger partial charge in [-0.3, -0.25) is 9.59 Å². The van der Waals surface area contributed by atoms with Crippen LogP contribution in [0.5, 0.6) is 11.5 Å². The lowest BCUT2D eigenvalue weighted by atomic mass is 9.85. The minimum absolute atomic E-state index is 0.0279. The second kappa shape index (κ2) is 11.6. The number of nitrogens with zero attached hydrogens (tertiary/aromatic N) is 1. The molecule has 0 radical (unpaired) electrons. The first-order valence-corrected chi connectivity index (χ1v) is 12.3. The van der Waals surface area contributed by atoms with Crippen molar-refractivity contribution in [2.45, 2.75) is 52.0 Å². The molecule has 7 nitrogen and oxygen atoms in total. The number of aliphatic hydroxyl groups is 1. The number of benzene rings is 2. The van der Waals surface area contributed by atoms with Crippen molar-refractivity contribution in [2.75, 3.05) is 34.0 Å². The van der Waals surface area contributed by atoms with Crippen LogP contribution in [-0.2, 0) is 19.7 Å². The predicted octanol–water partition coefficient (Wildman–Crippen LogP) is 5.24. The fourth-order valence-corrected chi connectivity index (χ4v) is 4.23. The molecule has 2 aromatic rings. The Morgan fingerprint density at radius 3 is 2.31 bits per heavy atom. The predicted molar refractivity (Wildman–Crippen MR) is 139 cm³/mol. The van der Waals surface area contributed by atoms with Crippen LogP contribution < -0.4 is 9.47 Å². The molecule has 0 aliphatic carbocycles. The highest BCUT2D eigenvalue weighted by molar-refractivity contribution is 6.46. The molecule has 0 bridgehead atoms. The van der Waals surface area contributed by atoms with E-state index in [1.54, 1.807) is 6.07 Å². The van der Waals surface area contributed by atoms with Crippen molar-refractivity contribution in [1.29, 1.82) is 0 Å². The maximum atomic E-state index is 13.3. The normalized spacial score (nSPS) is 17.5. The van der Waals surface area contributed by atoms with Gasteiger partial charge in [0, 0.05) is 13.7 Å². The molecule has 0 spiro atoms. The average Bonchev–Trinajstić information content (AvgIpc) is 3.11. The van der Waals surface area contributed by atoms with Crippen molar-refractivity contribution in [3.8, 4) is 11.5 Å². The van der Waals surface area contributed by atoms with Gasteiger partial charge in [-0.05, 0) is 47.2 Å². The summed E-state index contributed by atoms with van der Waals surface area (Å²) < 4.78 is 16.5. The standard InChI is InChI=1S/C29H37NO6/c1-7-8-16-36-21-12-9-19(10-13-21)25-24(27(32)28(33)30(25)15-17-34-5)26(31)22-18-20(29(2,3)4)11-14-23(22)35-6/h9-14,18,25,31H,7-8,15-17H2,1-6H3/b26-24+. The van der Waals surface area contributed by atoms with Crippen LogP contribution >= 0.6 is 0 Å². The highest BCUT2D eigenvalue weighted by atomic mass is 16.5. The smallest absolute Gasteiger partial charge is 0.295 e. The zero-order valence-electron chi connectivity index (χ0n) is 22.1. The van der Waals surface area contributed by atoms with Gasteiger partial charge in [-0.1, -0.05) is 52.3 Å². The number of ether oxygens (including phenoxy) is 3. The van der Waals surface area contributed by atoms with Gasteiger partial charge in [0.15, 0.2) is 0 Å². The highest BCUT2D eigenvalue weighted by Crippen LogP contribution is 2.42. The van der Waals surface area contributed by atoms with Crippen LogP contribution in [0.3, 0.4) is 0 Å². The zero-order valence-corrected chi connectivity index (χ0v) is 22.1. The molecule has 1 amide bonds. The summed E-state index contributed by atoms with van der Waals surface area (Å²) in [5, 5.41) is 11.5. The fourth-order valence-electron chi connectivity index (χ4n) is 4.23. The second-order valence-corrected chi connectivity index (χ2v) is 9.92. The third-order valence-corrected chi connectivity index (χ3v) is 6.36. The molecule has 7 heteroatoms. The highest BCUT2D eigenvalue weighted by Gasteiger charge is 2.46. The number of unbranched alkanes of at least 4 members (excludes halogenated alkanes) is 1. The molecule has 1 aliphatic rings. The number of rotatable bonds is 10. The number of hydrogen-bond acceptors (Lipinski definition) is 6. The van der Waals surface area contributed by atoms with Gasteiger partial charge in [-0.25, -0.2) is 0 Å². The van der Waals surface area contributed by atoms with Crippen LogP contribution in [-0.4, -0.2) is 55.7 Å². The molecule has 1 atom stereocenters. The van der Waals surface area contributed by atoms with E-state index in [-0.39, 0.29) is 29.9 Å². The van der Waals surface area contributed by atoms with Gasteiger partial charge in [0.05, 0.1) is 37.5 Å². The average molecular weight is 496 g/mol. The molecular formula is C29H37NO6. The number of carbonyl (C=O) groups excluding carboxylic acids is 2. The first-order chi connectivity index (χ1) is 17.1. The maximum absolute atomic E-state index is 13.3. The molecule has 0 saturated carbocycles. The molecule has 1 N–H and O–H groups in total. The van der Waals surface area contributed by atoms with Gasteiger partial charge in [0.2, 0.25) is 0 Å². The van der Waals surface area contributed by atoms with Gasteiger partial charge in [0.1, 0.15) is 17.3 Å². The van der Waals surface area contributed by atoms with E-state index < -0.39 is 17.7 Å². The maximum Gasteiger partial charge on any atom is 0.295 e. The lowest BCUT2D eigenvalue weighted by molar-refractivity contribution is -0.140. The van der Waals surface area contributed by atoms with Crippen molar-refractivity contribution in [3.63, 3.8) is 0 Å². The minimum atomic E-state index is -0.771. The van der Waals surface area contributed by atoms with E-state index in [1.807, 2.05) is 36.4 Å². The summed E-state index contributed by atoms with van der Waals surface area (Å²) in [6.45, 7) is 9.36. The second-order valence-electron chi connectivity index (χ2n) is 9.92. The Hall–Kier alpha value is -3.32. The SMILES string of the molecule is CCCCOc1ccc(C2/C(=C(\O)c3cc(C(C)(C)C)ccc3OC)C(=O)C(=O)N2CCOC)cc1. The molecule has 0 aromatic heterocycles. The molecule has 1 fully saturated rings. The molecule has 1 saturated heterocycles. The summed E-state index contributed by atoms with van der Waals surface area (Å²) in [4.78, 5) is 27.8. The van der Waals surface area contributed by atoms with E-state index in [9.17, 15) is 14.7 Å². The van der Waals surface area contributed by atoms with Gasteiger partial charge in [0.25, 0.3) is 11.7 Å². The monoisotopic (exact) mass is 495 g/mol. The molecule has 3 rings (SSSR count). The number of likely N-dealkylation sites (tertiary alicyclic amines) is 1. The topological polar surface area (TPSA) is 85.3 Å². The number of aliphatic hydroxyl groups excluding tert-OH is 1. The van der Waals surface area contributed by atoms with E-state index in [4.69, 9.17) is 14.2 Å². The molecule has 194 valence electrons. The summed E-state index contributed by atoms with van der Waals surface area (Å²) >= 11 is 0. The van der Waals surface area contributed by atoms with Gasteiger partial charge >= 0.3 is 0 Å². The van der Waals surface area contributed by atoms with Crippen molar-refractivity contribution < 1.29 is 28.9 Å². The van der Waals surface area contributed by atoms with Crippen LogP contribution in [0.1, 0.15) is 63.3 Å². The zero-order chi connectivity index (χ0) is 26.5. The van der Waals surface area contributed by atoms with E-state index in [1.165, 1.54) is 19.1 Å². The van der Waals surface area contributed by atoms with Gasteiger partial charge < -0.3 is 24.2 Å². The molecule has 1 heterocycles. The van der Waals surface area contributed by atoms with Crippen molar-refractivity contribution in [2.24, 2.45) is 0 Å². The number of hydrogen-bond donors (Lipinski definition) is 1. The van der Waals surface area contributed by atoms with E-state index in [0.29, 0.717) is 29.2 Å². The summed E-state index contributed by atoms with van der Waals surface area (Å²) in [6.07, 6.45) is 1.99. The Labute approximate surface area is 213 Å². The van der Waals surface area contributed by atoms with E-state index >= 15 is 0 Å². The van der Waals surface area contributed by atoms with Crippen molar-refractivity contribution >= 4 is 17.4 Å². The first-order valence-electron chi connectivity index (χ1n) is 12.3. The Balaban J connectivity index is 2.14. The number of amides is 1. The number of ketones is 1. The molecular weight excluding hydrogens is 458 g/mol. The summed E-state index contributed by atoms with van der Waals surface area (Å²) in [7, 11) is 3.05. The van der Waals surface area contributed by atoms with Crippen LogP contribution in [0.15, 0.2) is 48.0 Å². The molecule has 1 unspecified atom stereocenters. The minimum Gasteiger partial charge on any atom is -0.507 e. The summed E-state index contributed by atoms with van der Waals surface area (Å²) in [5.74, 6) is -0.542. The lowest BCUT2D eigenvalue weighted by Crippen LogP contribution is -2.32.